The van der Waals surface area contributed by atoms with Gasteiger partial charge in [0.25, 0.3) is 0 Å². The van der Waals surface area contributed by atoms with Crippen molar-refractivity contribution >= 4 is 29.0 Å². The lowest BCUT2D eigenvalue weighted by atomic mass is 10.7. The maximum atomic E-state index is 11.5. The Labute approximate surface area is 61.2 Å². The molecule has 0 aliphatic heterocycles. The van der Waals surface area contributed by atoms with Crippen LogP contribution in [0.4, 0.5) is 4.39 Å². The predicted octanol–water partition coefficient (Wildman–Crippen LogP) is 0.807. The lowest BCUT2D eigenvalue weighted by molar-refractivity contribution is -0.119. The molecule has 0 heterocycles. The van der Waals surface area contributed by atoms with Crippen molar-refractivity contribution in [1.29, 1.82) is 0 Å². The fourth-order valence-corrected chi connectivity index (χ4v) is 0.869. The van der Waals surface area contributed by atoms with Crippen molar-refractivity contribution in [3.63, 3.8) is 0 Å². The number of carbonyl (C=O) groups is 1. The van der Waals surface area contributed by atoms with E-state index in [1.54, 1.807) is 0 Å². The molecular weight excluding hydrogens is 224 g/mol. The van der Waals surface area contributed by atoms with Crippen LogP contribution in [0.3, 0.4) is 0 Å². The number of carbonyl (C=O) groups excluding carboxylic acids is 1. The quantitative estimate of drug-likeness (QED) is 0.303. The van der Waals surface area contributed by atoms with Crippen LogP contribution in [0, 0.1) is 0 Å². The van der Waals surface area contributed by atoms with E-state index in [9.17, 15) is 9.18 Å². The van der Waals surface area contributed by atoms with Gasteiger partial charge in [0.2, 0.25) is 6.41 Å². The topological polar surface area (TPSA) is 20.3 Å². The van der Waals surface area contributed by atoms with Crippen LogP contribution in [0.2, 0.25) is 0 Å². The van der Waals surface area contributed by atoms with Gasteiger partial charge in [-0.15, -0.1) is 0 Å². The molecule has 0 unspecified atom stereocenters. The number of rotatable bonds is 4. The average molecular weight is 231 g/mol. The highest BCUT2D eigenvalue weighted by Crippen LogP contribution is 1.86. The average Bonchev–Trinajstić information content (AvgIpc) is 1.83. The Morgan fingerprint density at radius 2 is 2.38 bits per heavy atom. The third-order valence-corrected chi connectivity index (χ3v) is 1.16. The fourth-order valence-electron chi connectivity index (χ4n) is 0.249. The Morgan fingerprint density at radius 3 is 2.50 bits per heavy atom. The second-order valence-corrected chi connectivity index (χ2v) is 2.31. The number of nitrogens with zero attached hydrogens (tertiary/aromatic N) is 1. The van der Waals surface area contributed by atoms with Crippen LogP contribution in [0.15, 0.2) is 0 Å². The third kappa shape index (κ3) is 3.17. The van der Waals surface area contributed by atoms with Crippen LogP contribution in [0.25, 0.3) is 0 Å². The maximum absolute atomic E-state index is 11.5. The van der Waals surface area contributed by atoms with Gasteiger partial charge in [-0.05, 0) is 0 Å². The summed E-state index contributed by atoms with van der Waals surface area (Å²) in [5.41, 5.74) is 0. The molecule has 0 bridgehead atoms. The highest BCUT2D eigenvalue weighted by Gasteiger charge is 1.94. The van der Waals surface area contributed by atoms with Gasteiger partial charge in [-0.2, -0.15) is 0 Å². The van der Waals surface area contributed by atoms with Crippen LogP contribution in [-0.2, 0) is 4.79 Å². The Hall–Kier alpha value is 0.130. The molecule has 0 rings (SSSR count). The summed E-state index contributed by atoms with van der Waals surface area (Å²) in [6.45, 7) is -0.174. The summed E-state index contributed by atoms with van der Waals surface area (Å²) in [6, 6.07) is 0. The minimum atomic E-state index is -0.674. The third-order valence-electron chi connectivity index (χ3n) is 0.674. The number of amides is 1. The second-order valence-electron chi connectivity index (χ2n) is 1.23. The van der Waals surface area contributed by atoms with Crippen molar-refractivity contribution in [3.8, 4) is 0 Å². The van der Waals surface area contributed by atoms with Crippen molar-refractivity contribution in [2.75, 3.05) is 17.8 Å². The maximum Gasteiger partial charge on any atom is 0.211 e. The number of alkyl halides is 2. The Balaban J connectivity index is 3.21. The van der Waals surface area contributed by atoms with Gasteiger partial charge < -0.3 is 4.90 Å². The molecule has 0 fully saturated rings. The predicted molar refractivity (Wildman–Crippen MR) is 37.6 cm³/mol. The second kappa shape index (κ2) is 5.27. The lowest BCUT2D eigenvalue weighted by Crippen LogP contribution is -2.22. The molecule has 48 valence electrons. The number of halogens is 2. The first kappa shape index (κ1) is 8.13. The lowest BCUT2D eigenvalue weighted by Gasteiger charge is -2.08. The summed E-state index contributed by atoms with van der Waals surface area (Å²) in [7, 11) is 0. The van der Waals surface area contributed by atoms with Gasteiger partial charge in [0, 0.05) is 11.0 Å². The number of hydrogen-bond acceptors (Lipinski definition) is 1. The summed E-state index contributed by atoms with van der Waals surface area (Å²) < 4.78 is 12.3. The van der Waals surface area contributed by atoms with Gasteiger partial charge in [0.1, 0.15) is 0 Å². The zero-order chi connectivity index (χ0) is 6.41. The molecule has 0 radical (unpaired) electrons. The zero-order valence-corrected chi connectivity index (χ0v) is 6.47. The Kier molecular flexibility index (Phi) is 5.36. The van der Waals surface area contributed by atoms with E-state index in [1.165, 1.54) is 0 Å². The van der Waals surface area contributed by atoms with Crippen LogP contribution >= 0.6 is 22.6 Å². The van der Waals surface area contributed by atoms with Crippen LogP contribution in [0.1, 0.15) is 0 Å². The van der Waals surface area contributed by atoms with E-state index in [4.69, 9.17) is 0 Å². The smallest absolute Gasteiger partial charge is 0.211 e. The molecule has 0 aliphatic rings. The standard InChI is InChI=1S/C4H7FINO/c5-3-7(4-8)2-1-6/h4H,1-3H2. The highest BCUT2D eigenvalue weighted by atomic mass is 127. The number of hydrogen-bond donors (Lipinski definition) is 0. The molecule has 1 amide bonds. The molecule has 0 saturated heterocycles. The first-order valence-electron chi connectivity index (χ1n) is 2.16. The van der Waals surface area contributed by atoms with Gasteiger partial charge in [-0.1, -0.05) is 22.6 Å². The van der Waals surface area contributed by atoms with E-state index >= 15 is 0 Å². The molecule has 0 aromatic rings. The summed E-state index contributed by atoms with van der Waals surface area (Å²) in [4.78, 5) is 10.9. The van der Waals surface area contributed by atoms with E-state index in [1.807, 2.05) is 0 Å². The molecule has 0 spiro atoms. The van der Waals surface area contributed by atoms with E-state index < -0.39 is 6.80 Å². The Bertz CT molecular complexity index is 71.1. The molecule has 0 N–H and O–H groups in total. The van der Waals surface area contributed by atoms with Crippen molar-refractivity contribution in [1.82, 2.24) is 4.90 Å². The van der Waals surface area contributed by atoms with Gasteiger partial charge in [0.15, 0.2) is 6.80 Å². The molecule has 0 aliphatic carbocycles. The molecule has 0 aromatic heterocycles. The van der Waals surface area contributed by atoms with Crippen molar-refractivity contribution in [2.24, 2.45) is 0 Å². The first-order chi connectivity index (χ1) is 3.85. The van der Waals surface area contributed by atoms with Crippen molar-refractivity contribution in [3.05, 3.63) is 0 Å². The molecular formula is C4H7FINO. The van der Waals surface area contributed by atoms with Gasteiger partial charge >= 0.3 is 0 Å². The summed E-state index contributed by atoms with van der Waals surface area (Å²) in [5.74, 6) is 0. The van der Waals surface area contributed by atoms with Crippen LogP contribution < -0.4 is 0 Å². The fraction of sp³-hybridized carbons (Fsp3) is 0.750. The van der Waals surface area contributed by atoms with Gasteiger partial charge in [-0.25, -0.2) is 4.39 Å². The monoisotopic (exact) mass is 231 g/mol. The minimum absolute atomic E-state index is 0.501. The van der Waals surface area contributed by atoms with Crippen LogP contribution in [-0.4, -0.2) is 29.1 Å². The van der Waals surface area contributed by atoms with Crippen LogP contribution in [0.5, 0.6) is 0 Å². The summed E-state index contributed by atoms with van der Waals surface area (Å²) in [5, 5.41) is 0. The van der Waals surface area contributed by atoms with E-state index in [0.717, 1.165) is 9.33 Å². The minimum Gasteiger partial charge on any atom is -0.317 e. The normalized spacial score (nSPS) is 8.75. The Morgan fingerprint density at radius 1 is 1.75 bits per heavy atom. The molecule has 0 saturated carbocycles. The molecule has 8 heavy (non-hydrogen) atoms. The van der Waals surface area contributed by atoms with Gasteiger partial charge in [-0.3, -0.25) is 4.79 Å². The molecule has 0 atom stereocenters. The van der Waals surface area contributed by atoms with E-state index in [0.29, 0.717) is 13.0 Å². The van der Waals surface area contributed by atoms with E-state index in [-0.39, 0.29) is 0 Å². The van der Waals surface area contributed by atoms with Gasteiger partial charge in [0.05, 0.1) is 0 Å². The zero-order valence-electron chi connectivity index (χ0n) is 4.31. The summed E-state index contributed by atoms with van der Waals surface area (Å²) >= 11 is 2.08. The SMILES string of the molecule is O=CN(CF)CCI. The molecule has 4 heteroatoms. The van der Waals surface area contributed by atoms with Crippen molar-refractivity contribution < 1.29 is 9.18 Å². The van der Waals surface area contributed by atoms with Crippen molar-refractivity contribution in [2.45, 2.75) is 0 Å². The first-order valence-corrected chi connectivity index (χ1v) is 3.69. The summed E-state index contributed by atoms with van der Waals surface area (Å²) in [6.07, 6.45) is 0.513. The molecule has 2 nitrogen and oxygen atoms in total. The molecule has 0 aromatic carbocycles. The van der Waals surface area contributed by atoms with E-state index in [2.05, 4.69) is 22.6 Å². The largest absolute Gasteiger partial charge is 0.317 e. The highest BCUT2D eigenvalue weighted by molar-refractivity contribution is 14.1.